The van der Waals surface area contributed by atoms with Gasteiger partial charge in [0.1, 0.15) is 34.6 Å². The van der Waals surface area contributed by atoms with E-state index in [9.17, 15) is 14.4 Å². The predicted octanol–water partition coefficient (Wildman–Crippen LogP) is 3.01. The fourth-order valence-corrected chi connectivity index (χ4v) is 5.62. The molecule has 0 N–H and O–H groups in total. The van der Waals surface area contributed by atoms with Crippen molar-refractivity contribution in [2.45, 2.75) is 37.3 Å². The van der Waals surface area contributed by atoms with Crippen molar-refractivity contribution >= 4 is 29.6 Å². The summed E-state index contributed by atoms with van der Waals surface area (Å²) in [5.74, 6) is 0.207. The standard InChI is InChI=1S/C21H21NO6S/c1-13-16(19(24)26-2)10-15(28-13)11-27-20(25)17-12-29-21(9-8-18(23)22(17)21)14-6-4-3-5-7-14/h3-7,10,17H,8-9,11-12H2,1-2H3/t17-,21+/m0/s1. The van der Waals surface area contributed by atoms with Crippen molar-refractivity contribution in [3.8, 4) is 0 Å². The number of amides is 1. The van der Waals surface area contributed by atoms with E-state index in [1.165, 1.54) is 13.2 Å². The first-order valence-corrected chi connectivity index (χ1v) is 10.3. The van der Waals surface area contributed by atoms with Gasteiger partial charge in [0.25, 0.3) is 0 Å². The fraction of sp³-hybridized carbons (Fsp3) is 0.381. The van der Waals surface area contributed by atoms with Gasteiger partial charge in [0, 0.05) is 12.2 Å². The van der Waals surface area contributed by atoms with Crippen LogP contribution in [0.3, 0.4) is 0 Å². The molecule has 0 unspecified atom stereocenters. The Morgan fingerprint density at radius 1 is 1.31 bits per heavy atom. The van der Waals surface area contributed by atoms with Crippen LogP contribution < -0.4 is 0 Å². The van der Waals surface area contributed by atoms with Crippen LogP contribution in [0.5, 0.6) is 0 Å². The summed E-state index contributed by atoms with van der Waals surface area (Å²) in [4.78, 5) is 38.3. The minimum Gasteiger partial charge on any atom is -0.465 e. The largest absolute Gasteiger partial charge is 0.465 e. The second-order valence-electron chi connectivity index (χ2n) is 7.02. The Morgan fingerprint density at radius 3 is 2.79 bits per heavy atom. The van der Waals surface area contributed by atoms with Gasteiger partial charge in [-0.15, -0.1) is 11.8 Å². The first-order chi connectivity index (χ1) is 14.0. The second-order valence-corrected chi connectivity index (χ2v) is 8.32. The highest BCUT2D eigenvalue weighted by Gasteiger charge is 2.57. The molecule has 4 rings (SSSR count). The summed E-state index contributed by atoms with van der Waals surface area (Å²) in [6.45, 7) is 1.53. The van der Waals surface area contributed by atoms with Crippen molar-refractivity contribution in [3.63, 3.8) is 0 Å². The zero-order valence-corrected chi connectivity index (χ0v) is 17.0. The van der Waals surface area contributed by atoms with E-state index in [0.29, 0.717) is 35.7 Å². The zero-order chi connectivity index (χ0) is 20.6. The molecule has 0 bridgehead atoms. The highest BCUT2D eigenvalue weighted by Crippen LogP contribution is 2.54. The van der Waals surface area contributed by atoms with E-state index in [4.69, 9.17) is 13.9 Å². The maximum absolute atomic E-state index is 12.8. The Balaban J connectivity index is 1.49. The molecule has 0 aliphatic carbocycles. The minimum absolute atomic E-state index is 0.0392. The number of nitrogens with zero attached hydrogens (tertiary/aromatic N) is 1. The normalized spacial score (nSPS) is 23.2. The molecule has 2 atom stereocenters. The van der Waals surface area contributed by atoms with Crippen molar-refractivity contribution in [1.82, 2.24) is 4.90 Å². The highest BCUT2D eigenvalue weighted by atomic mass is 32.2. The molecule has 152 valence electrons. The van der Waals surface area contributed by atoms with Crippen LogP contribution in [-0.4, -0.2) is 41.7 Å². The maximum Gasteiger partial charge on any atom is 0.341 e. The van der Waals surface area contributed by atoms with Gasteiger partial charge in [0.2, 0.25) is 5.91 Å². The van der Waals surface area contributed by atoms with Crippen LogP contribution in [0.15, 0.2) is 40.8 Å². The van der Waals surface area contributed by atoms with Gasteiger partial charge >= 0.3 is 11.9 Å². The van der Waals surface area contributed by atoms with Crippen LogP contribution in [0.4, 0.5) is 0 Å². The lowest BCUT2D eigenvalue weighted by molar-refractivity contribution is -0.155. The number of benzene rings is 1. The zero-order valence-electron chi connectivity index (χ0n) is 16.2. The predicted molar refractivity (Wildman–Crippen MR) is 105 cm³/mol. The van der Waals surface area contributed by atoms with Crippen molar-refractivity contribution in [1.29, 1.82) is 0 Å². The molecule has 1 amide bonds. The number of ether oxygens (including phenoxy) is 2. The molecule has 7 nitrogen and oxygen atoms in total. The van der Waals surface area contributed by atoms with Gasteiger partial charge in [0.05, 0.1) is 7.11 Å². The first kappa shape index (κ1) is 19.6. The minimum atomic E-state index is -0.647. The Hall–Kier alpha value is -2.74. The van der Waals surface area contributed by atoms with E-state index in [-0.39, 0.29) is 12.5 Å². The monoisotopic (exact) mass is 415 g/mol. The summed E-state index contributed by atoms with van der Waals surface area (Å²) in [5, 5.41) is 0. The lowest BCUT2D eigenvalue weighted by Crippen LogP contribution is -2.46. The van der Waals surface area contributed by atoms with Gasteiger partial charge in [-0.2, -0.15) is 0 Å². The molecule has 3 heterocycles. The molecule has 1 aromatic carbocycles. The van der Waals surface area contributed by atoms with Crippen molar-refractivity contribution in [2.24, 2.45) is 0 Å². The molecule has 1 aromatic heterocycles. The number of esters is 2. The van der Waals surface area contributed by atoms with Gasteiger partial charge < -0.3 is 18.8 Å². The molecule has 8 heteroatoms. The molecular formula is C21H21NO6S. The molecule has 0 radical (unpaired) electrons. The Morgan fingerprint density at radius 2 is 2.07 bits per heavy atom. The van der Waals surface area contributed by atoms with Gasteiger partial charge in [-0.05, 0) is 25.0 Å². The van der Waals surface area contributed by atoms with Crippen molar-refractivity contribution < 1.29 is 28.3 Å². The summed E-state index contributed by atoms with van der Waals surface area (Å²) >= 11 is 1.61. The summed E-state index contributed by atoms with van der Waals surface area (Å²) in [6, 6.07) is 10.7. The quantitative estimate of drug-likeness (QED) is 0.694. The number of aryl methyl sites for hydroxylation is 1. The van der Waals surface area contributed by atoms with Gasteiger partial charge in [-0.1, -0.05) is 30.3 Å². The summed E-state index contributed by atoms with van der Waals surface area (Å²) in [6.07, 6.45) is 1.08. The Bertz CT molecular complexity index is 955. The molecule has 2 fully saturated rings. The van der Waals surface area contributed by atoms with E-state index in [1.807, 2.05) is 30.3 Å². The number of rotatable bonds is 5. The topological polar surface area (TPSA) is 86.0 Å². The maximum atomic E-state index is 12.8. The molecule has 0 saturated carbocycles. The molecular weight excluding hydrogens is 394 g/mol. The number of hydrogen-bond donors (Lipinski definition) is 0. The lowest BCUT2D eigenvalue weighted by atomic mass is 10.0. The summed E-state index contributed by atoms with van der Waals surface area (Å²) in [5.41, 5.74) is 1.32. The molecule has 2 aliphatic heterocycles. The van der Waals surface area contributed by atoms with Crippen LogP contribution in [0.1, 0.15) is 40.3 Å². The number of furan rings is 1. The third-order valence-corrected chi connectivity index (χ3v) is 6.95. The summed E-state index contributed by atoms with van der Waals surface area (Å²) in [7, 11) is 1.29. The van der Waals surface area contributed by atoms with E-state index in [0.717, 1.165) is 5.56 Å². The smallest absolute Gasteiger partial charge is 0.341 e. The number of carbonyl (C=O) groups is 3. The van der Waals surface area contributed by atoms with Gasteiger partial charge in [-0.25, -0.2) is 9.59 Å². The SMILES string of the molecule is COC(=O)c1cc(COC(=O)[C@@H]2CS[C@@]3(c4ccccc4)CCC(=O)N23)oc1C. The van der Waals surface area contributed by atoms with E-state index >= 15 is 0 Å². The number of carbonyl (C=O) groups excluding carboxylic acids is 3. The number of methoxy groups -OCH3 is 1. The van der Waals surface area contributed by atoms with E-state index in [2.05, 4.69) is 0 Å². The van der Waals surface area contributed by atoms with Crippen LogP contribution in [0, 0.1) is 6.92 Å². The lowest BCUT2D eigenvalue weighted by Gasteiger charge is -2.33. The third kappa shape index (κ3) is 3.31. The number of fused-ring (bicyclic) bond motifs is 1. The van der Waals surface area contributed by atoms with E-state index in [1.54, 1.807) is 23.6 Å². The average Bonchev–Trinajstić information content (AvgIpc) is 3.40. The van der Waals surface area contributed by atoms with Crippen molar-refractivity contribution in [3.05, 3.63) is 59.0 Å². The second kappa shape index (κ2) is 7.59. The number of hydrogen-bond acceptors (Lipinski definition) is 7. The number of thioether (sulfide) groups is 1. The summed E-state index contributed by atoms with van der Waals surface area (Å²) < 4.78 is 15.6. The Kier molecular flexibility index (Phi) is 5.12. The fourth-order valence-electron chi connectivity index (χ4n) is 3.98. The van der Waals surface area contributed by atoms with Crippen LogP contribution in [-0.2, 0) is 30.5 Å². The molecule has 29 heavy (non-hydrogen) atoms. The average molecular weight is 415 g/mol. The van der Waals surface area contributed by atoms with E-state index < -0.39 is 22.9 Å². The van der Waals surface area contributed by atoms with Crippen molar-refractivity contribution in [2.75, 3.05) is 12.9 Å². The molecule has 0 spiro atoms. The Labute approximate surface area is 172 Å². The third-order valence-electron chi connectivity index (χ3n) is 5.35. The molecule has 2 aliphatic rings. The van der Waals surface area contributed by atoms with Crippen LogP contribution in [0.2, 0.25) is 0 Å². The highest BCUT2D eigenvalue weighted by molar-refractivity contribution is 8.00. The van der Waals surface area contributed by atoms with Crippen LogP contribution in [0.25, 0.3) is 0 Å². The van der Waals surface area contributed by atoms with Crippen LogP contribution >= 0.6 is 11.8 Å². The molecule has 2 aromatic rings. The molecule has 2 saturated heterocycles. The first-order valence-electron chi connectivity index (χ1n) is 9.32. The van der Waals surface area contributed by atoms with Gasteiger partial charge in [-0.3, -0.25) is 4.79 Å². The van der Waals surface area contributed by atoms with Gasteiger partial charge in [0.15, 0.2) is 0 Å².